The number of Topliss-reactive ketones (excluding diaryl/α,β-unsaturated/α-hetero) is 1. The normalized spacial score (nSPS) is 11.0. The molecule has 0 N–H and O–H groups in total. The molecule has 0 spiro atoms. The summed E-state index contributed by atoms with van der Waals surface area (Å²) in [7, 11) is 0. The number of nitrogens with zero attached hydrogens (tertiary/aromatic N) is 3. The minimum Gasteiger partial charge on any atom is -0.299 e. The van der Waals surface area contributed by atoms with Gasteiger partial charge in [0.05, 0.1) is 6.42 Å². The Labute approximate surface area is 123 Å². The van der Waals surface area contributed by atoms with E-state index >= 15 is 0 Å². The van der Waals surface area contributed by atoms with Gasteiger partial charge < -0.3 is 0 Å². The number of hydrogen-bond donors (Lipinski definition) is 0. The standard InChI is InChI=1S/C15H18ClN3O/c1-11(2)9-19-15(17-10-18-19)8-14(20)7-12-3-5-13(16)6-4-12/h3-6,10-11H,7-9H2,1-2H3. The summed E-state index contributed by atoms with van der Waals surface area (Å²) in [5, 5.41) is 4.84. The Morgan fingerprint density at radius 3 is 2.60 bits per heavy atom. The van der Waals surface area contributed by atoms with Gasteiger partial charge in [-0.2, -0.15) is 5.10 Å². The molecular formula is C15H18ClN3O. The van der Waals surface area contributed by atoms with Gasteiger partial charge in [-0.05, 0) is 23.6 Å². The molecule has 0 bridgehead atoms. The van der Waals surface area contributed by atoms with Gasteiger partial charge in [0.2, 0.25) is 0 Å². The number of carbonyl (C=O) groups excluding carboxylic acids is 1. The predicted molar refractivity (Wildman–Crippen MR) is 78.7 cm³/mol. The maximum atomic E-state index is 12.1. The number of rotatable bonds is 6. The van der Waals surface area contributed by atoms with Crippen molar-refractivity contribution in [2.45, 2.75) is 33.2 Å². The summed E-state index contributed by atoms with van der Waals surface area (Å²) in [5.74, 6) is 1.34. The van der Waals surface area contributed by atoms with Crippen LogP contribution in [0.3, 0.4) is 0 Å². The van der Waals surface area contributed by atoms with Gasteiger partial charge in [-0.1, -0.05) is 37.6 Å². The highest BCUT2D eigenvalue weighted by molar-refractivity contribution is 6.30. The van der Waals surface area contributed by atoms with Gasteiger partial charge in [-0.3, -0.25) is 4.79 Å². The van der Waals surface area contributed by atoms with Crippen LogP contribution in [0.15, 0.2) is 30.6 Å². The van der Waals surface area contributed by atoms with E-state index in [1.54, 1.807) is 12.1 Å². The van der Waals surface area contributed by atoms with Crippen LogP contribution < -0.4 is 0 Å². The highest BCUT2D eigenvalue weighted by Crippen LogP contribution is 2.11. The van der Waals surface area contributed by atoms with Crippen molar-refractivity contribution < 1.29 is 4.79 Å². The Kier molecular flexibility index (Phi) is 4.90. The quantitative estimate of drug-likeness (QED) is 0.822. The highest BCUT2D eigenvalue weighted by Gasteiger charge is 2.11. The molecule has 2 rings (SSSR count). The van der Waals surface area contributed by atoms with Crippen LogP contribution in [0, 0.1) is 5.92 Å². The third kappa shape index (κ3) is 4.17. The fraction of sp³-hybridized carbons (Fsp3) is 0.400. The van der Waals surface area contributed by atoms with Crippen molar-refractivity contribution in [2.24, 2.45) is 5.92 Å². The molecule has 0 aliphatic rings. The SMILES string of the molecule is CC(C)Cn1ncnc1CC(=O)Cc1ccc(Cl)cc1. The molecule has 1 heterocycles. The second-order valence-corrected chi connectivity index (χ2v) is 5.71. The van der Waals surface area contributed by atoms with Gasteiger partial charge in [0, 0.05) is 18.0 Å². The minimum absolute atomic E-state index is 0.130. The number of aromatic nitrogens is 3. The van der Waals surface area contributed by atoms with Gasteiger partial charge in [0.15, 0.2) is 0 Å². The van der Waals surface area contributed by atoms with Crippen LogP contribution in [0.25, 0.3) is 0 Å². The van der Waals surface area contributed by atoms with Gasteiger partial charge in [0.25, 0.3) is 0 Å². The summed E-state index contributed by atoms with van der Waals surface area (Å²) in [5.41, 5.74) is 0.967. The van der Waals surface area contributed by atoms with E-state index in [0.717, 1.165) is 17.9 Å². The van der Waals surface area contributed by atoms with E-state index in [-0.39, 0.29) is 5.78 Å². The van der Waals surface area contributed by atoms with Crippen molar-refractivity contribution in [3.63, 3.8) is 0 Å². The highest BCUT2D eigenvalue weighted by atomic mass is 35.5. The second-order valence-electron chi connectivity index (χ2n) is 5.27. The van der Waals surface area contributed by atoms with Crippen molar-refractivity contribution in [2.75, 3.05) is 0 Å². The van der Waals surface area contributed by atoms with Crippen LogP contribution in [0.1, 0.15) is 25.2 Å². The summed E-state index contributed by atoms with van der Waals surface area (Å²) in [4.78, 5) is 16.3. The molecule has 5 heteroatoms. The fourth-order valence-corrected chi connectivity index (χ4v) is 2.12. The Morgan fingerprint density at radius 1 is 1.25 bits per heavy atom. The average Bonchev–Trinajstić information content (AvgIpc) is 2.78. The number of ketones is 1. The maximum absolute atomic E-state index is 12.1. The Morgan fingerprint density at radius 2 is 1.95 bits per heavy atom. The molecule has 2 aromatic rings. The van der Waals surface area contributed by atoms with E-state index in [2.05, 4.69) is 23.9 Å². The zero-order valence-electron chi connectivity index (χ0n) is 11.7. The number of benzene rings is 1. The Balaban J connectivity index is 1.98. The first kappa shape index (κ1) is 14.7. The molecule has 20 heavy (non-hydrogen) atoms. The van der Waals surface area contributed by atoms with Gasteiger partial charge in [0.1, 0.15) is 17.9 Å². The molecule has 0 radical (unpaired) electrons. The average molecular weight is 292 g/mol. The zero-order chi connectivity index (χ0) is 14.5. The summed E-state index contributed by atoms with van der Waals surface area (Å²) in [6.45, 7) is 5.01. The minimum atomic E-state index is 0.130. The molecule has 0 saturated carbocycles. The van der Waals surface area contributed by atoms with Crippen LogP contribution >= 0.6 is 11.6 Å². The predicted octanol–water partition coefficient (Wildman–Crippen LogP) is 2.94. The monoisotopic (exact) mass is 291 g/mol. The van der Waals surface area contributed by atoms with E-state index in [1.165, 1.54) is 6.33 Å². The first-order valence-corrected chi connectivity index (χ1v) is 7.05. The lowest BCUT2D eigenvalue weighted by molar-refractivity contribution is -0.117. The number of halogens is 1. The Hall–Kier alpha value is -1.68. The van der Waals surface area contributed by atoms with Crippen LogP contribution in [-0.2, 0) is 24.2 Å². The maximum Gasteiger partial charge on any atom is 0.144 e. The summed E-state index contributed by atoms with van der Waals surface area (Å²) in [6, 6.07) is 7.34. The molecule has 4 nitrogen and oxygen atoms in total. The van der Waals surface area contributed by atoms with Gasteiger partial charge in [-0.15, -0.1) is 0 Å². The molecule has 0 fully saturated rings. The van der Waals surface area contributed by atoms with Crippen molar-refractivity contribution in [3.05, 3.63) is 47.0 Å². The smallest absolute Gasteiger partial charge is 0.144 e. The van der Waals surface area contributed by atoms with Crippen LogP contribution in [0.4, 0.5) is 0 Å². The lowest BCUT2D eigenvalue weighted by Crippen LogP contribution is -2.15. The van der Waals surface area contributed by atoms with Crippen LogP contribution in [0.2, 0.25) is 5.02 Å². The van der Waals surface area contributed by atoms with E-state index in [1.807, 2.05) is 16.8 Å². The number of carbonyl (C=O) groups is 1. The fourth-order valence-electron chi connectivity index (χ4n) is 1.99. The molecule has 0 aliphatic heterocycles. The molecular weight excluding hydrogens is 274 g/mol. The topological polar surface area (TPSA) is 47.8 Å². The molecule has 0 aliphatic carbocycles. The van der Waals surface area contributed by atoms with Crippen molar-refractivity contribution in [1.29, 1.82) is 0 Å². The van der Waals surface area contributed by atoms with Crippen molar-refractivity contribution in [1.82, 2.24) is 14.8 Å². The van der Waals surface area contributed by atoms with Crippen LogP contribution in [-0.4, -0.2) is 20.5 Å². The second kappa shape index (κ2) is 6.66. The number of hydrogen-bond acceptors (Lipinski definition) is 3. The largest absolute Gasteiger partial charge is 0.299 e. The molecule has 0 amide bonds. The first-order chi connectivity index (χ1) is 9.54. The lowest BCUT2D eigenvalue weighted by Gasteiger charge is -2.08. The van der Waals surface area contributed by atoms with Crippen LogP contribution in [0.5, 0.6) is 0 Å². The molecule has 0 saturated heterocycles. The Bertz CT molecular complexity index is 575. The molecule has 1 aromatic carbocycles. The molecule has 0 unspecified atom stereocenters. The third-order valence-corrected chi connectivity index (χ3v) is 3.16. The summed E-state index contributed by atoms with van der Waals surface area (Å²) in [6.07, 6.45) is 2.22. The molecule has 1 aromatic heterocycles. The van der Waals surface area contributed by atoms with Gasteiger partial charge in [-0.25, -0.2) is 9.67 Å². The summed E-state index contributed by atoms with van der Waals surface area (Å²) >= 11 is 5.83. The van der Waals surface area contributed by atoms with Crippen molar-refractivity contribution >= 4 is 17.4 Å². The van der Waals surface area contributed by atoms with E-state index in [4.69, 9.17) is 11.6 Å². The van der Waals surface area contributed by atoms with E-state index in [9.17, 15) is 4.79 Å². The zero-order valence-corrected chi connectivity index (χ0v) is 12.5. The first-order valence-electron chi connectivity index (χ1n) is 6.67. The van der Waals surface area contributed by atoms with E-state index < -0.39 is 0 Å². The molecule has 106 valence electrons. The lowest BCUT2D eigenvalue weighted by atomic mass is 10.1. The summed E-state index contributed by atoms with van der Waals surface area (Å²) < 4.78 is 1.81. The van der Waals surface area contributed by atoms with Crippen molar-refractivity contribution in [3.8, 4) is 0 Å². The molecule has 0 atom stereocenters. The third-order valence-electron chi connectivity index (χ3n) is 2.90. The van der Waals surface area contributed by atoms with E-state index in [0.29, 0.717) is 23.8 Å². The van der Waals surface area contributed by atoms with Gasteiger partial charge >= 0.3 is 0 Å².